The number of nitro groups is 1. The first-order valence-electron chi connectivity index (χ1n) is 14.4. The molecule has 3 N–H and O–H groups in total. The predicted octanol–water partition coefficient (Wildman–Crippen LogP) is 2.11. The maximum Gasteiger partial charge on any atom is 0.316 e. The monoisotopic (exact) mass is 637 g/mol. The number of nitrogens with zero attached hydrogens (tertiary/aromatic N) is 6. The van der Waals surface area contributed by atoms with Gasteiger partial charge in [0.25, 0.3) is 19.4 Å². The Bertz CT molecular complexity index is 1290. The summed E-state index contributed by atoms with van der Waals surface area (Å²) in [6.45, 7) is 6.64. The van der Waals surface area contributed by atoms with Gasteiger partial charge in [-0.2, -0.15) is 5.10 Å². The highest BCUT2D eigenvalue weighted by molar-refractivity contribution is 6.00. The molecule has 1 atom stereocenters. The SMILES string of the molecule is O=C1CCC(c2ccc(N3CCN(CCN4CCC(n5cc([N+](=O)[O-])c(C(F)F)n5)CC4)CC3)cc2)C(=O)N1.O=CO.O=CO. The molecule has 3 aliphatic rings. The van der Waals surface area contributed by atoms with Gasteiger partial charge in [-0.15, -0.1) is 0 Å². The summed E-state index contributed by atoms with van der Waals surface area (Å²) in [5.41, 5.74) is 0.691. The van der Waals surface area contributed by atoms with Crippen LogP contribution in [0.2, 0.25) is 0 Å². The number of nitrogens with one attached hydrogen (secondary N) is 1. The Balaban J connectivity index is 0.000000853. The van der Waals surface area contributed by atoms with Crippen LogP contribution in [0.4, 0.5) is 20.2 Å². The molecule has 3 saturated heterocycles. The summed E-state index contributed by atoms with van der Waals surface area (Å²) < 4.78 is 27.6. The lowest BCUT2D eigenvalue weighted by Crippen LogP contribution is -2.49. The van der Waals surface area contributed by atoms with E-state index in [0.29, 0.717) is 25.7 Å². The number of amides is 2. The molecular formula is C28H37F2N7O8. The van der Waals surface area contributed by atoms with Crippen LogP contribution in [0.3, 0.4) is 0 Å². The highest BCUT2D eigenvalue weighted by atomic mass is 19.3. The molecule has 246 valence electrons. The number of piperazine rings is 1. The number of rotatable bonds is 8. The zero-order valence-corrected chi connectivity index (χ0v) is 24.5. The smallest absolute Gasteiger partial charge is 0.316 e. The summed E-state index contributed by atoms with van der Waals surface area (Å²) in [4.78, 5) is 57.7. The second-order valence-electron chi connectivity index (χ2n) is 10.6. The van der Waals surface area contributed by atoms with Crippen LogP contribution in [-0.4, -0.2) is 112 Å². The van der Waals surface area contributed by atoms with Crippen LogP contribution in [0, 0.1) is 10.1 Å². The van der Waals surface area contributed by atoms with Crippen molar-refractivity contribution in [2.75, 3.05) is 57.3 Å². The zero-order chi connectivity index (χ0) is 32.9. The molecule has 3 aliphatic heterocycles. The first-order chi connectivity index (χ1) is 21.6. The molecule has 1 aromatic heterocycles. The van der Waals surface area contributed by atoms with Gasteiger partial charge in [0.1, 0.15) is 6.20 Å². The number of anilines is 1. The van der Waals surface area contributed by atoms with Gasteiger partial charge in [0, 0.05) is 64.5 Å². The van der Waals surface area contributed by atoms with E-state index in [-0.39, 0.29) is 36.7 Å². The van der Waals surface area contributed by atoms with Gasteiger partial charge in [-0.05, 0) is 37.0 Å². The largest absolute Gasteiger partial charge is 0.483 e. The average molecular weight is 638 g/mol. The second kappa shape index (κ2) is 17.1. The van der Waals surface area contributed by atoms with E-state index in [1.807, 2.05) is 12.1 Å². The molecule has 1 aromatic carbocycles. The first kappa shape index (κ1) is 35.0. The minimum absolute atomic E-state index is 0.114. The van der Waals surface area contributed by atoms with Crippen molar-refractivity contribution in [1.82, 2.24) is 24.9 Å². The summed E-state index contributed by atoms with van der Waals surface area (Å²) in [5.74, 6) is -0.696. The molecule has 1 unspecified atom stereocenters. The normalized spacial score (nSPS) is 19.5. The van der Waals surface area contributed by atoms with Crippen LogP contribution in [-0.2, 0) is 19.2 Å². The Morgan fingerprint density at radius 1 is 0.956 bits per heavy atom. The fraction of sp³-hybridized carbons (Fsp3) is 0.536. The Morgan fingerprint density at radius 2 is 1.51 bits per heavy atom. The van der Waals surface area contributed by atoms with Crippen LogP contribution < -0.4 is 10.2 Å². The maximum atomic E-state index is 13.1. The second-order valence-corrected chi connectivity index (χ2v) is 10.6. The molecule has 0 saturated carbocycles. The molecule has 15 nitrogen and oxygen atoms in total. The number of imide groups is 1. The number of halogens is 2. The summed E-state index contributed by atoms with van der Waals surface area (Å²) in [7, 11) is 0. The van der Waals surface area contributed by atoms with Gasteiger partial charge in [0.05, 0.1) is 16.9 Å². The van der Waals surface area contributed by atoms with Gasteiger partial charge in [-0.3, -0.25) is 44.2 Å². The van der Waals surface area contributed by atoms with E-state index >= 15 is 0 Å². The van der Waals surface area contributed by atoms with Crippen molar-refractivity contribution in [1.29, 1.82) is 0 Å². The molecule has 3 fully saturated rings. The first-order valence-corrected chi connectivity index (χ1v) is 14.4. The number of alkyl halides is 2. The number of carboxylic acid groups (broad SMARTS) is 2. The van der Waals surface area contributed by atoms with Crippen LogP contribution in [0.5, 0.6) is 0 Å². The predicted molar refractivity (Wildman–Crippen MR) is 156 cm³/mol. The highest BCUT2D eigenvalue weighted by Crippen LogP contribution is 2.31. The summed E-state index contributed by atoms with van der Waals surface area (Å²) in [5, 5.41) is 31.1. The quantitative estimate of drug-likeness (QED) is 0.166. The third-order valence-electron chi connectivity index (χ3n) is 8.08. The van der Waals surface area contributed by atoms with Gasteiger partial charge in [0.15, 0.2) is 0 Å². The van der Waals surface area contributed by atoms with Crippen molar-refractivity contribution < 1.29 is 43.1 Å². The fourth-order valence-corrected chi connectivity index (χ4v) is 5.73. The van der Waals surface area contributed by atoms with Gasteiger partial charge in [-0.1, -0.05) is 12.1 Å². The van der Waals surface area contributed by atoms with Crippen molar-refractivity contribution in [3.05, 3.63) is 51.8 Å². The van der Waals surface area contributed by atoms with E-state index < -0.39 is 22.7 Å². The standard InChI is InChI=1S/C26H33F2N7O4.2CH2O2/c27-25(28)24-22(35(38)39)17-34(30-24)20-7-9-31(10-8-20)11-12-32-13-15-33(16-14-32)19-3-1-18(2-4-19)21-5-6-23(36)29-26(21)37;2*2-1-3/h1-4,17,20-21,25H,5-16H2,(H,29,36,37);2*1H,(H,2,3). The molecule has 4 heterocycles. The molecule has 0 spiro atoms. The van der Waals surface area contributed by atoms with Crippen molar-refractivity contribution >= 4 is 36.1 Å². The van der Waals surface area contributed by atoms with E-state index in [4.69, 9.17) is 19.8 Å². The number of aromatic nitrogens is 2. The average Bonchev–Trinajstić information content (AvgIpc) is 3.48. The lowest BCUT2D eigenvalue weighted by atomic mass is 9.90. The molecule has 2 amide bonds. The Labute approximate surface area is 257 Å². The molecule has 2 aromatic rings. The van der Waals surface area contributed by atoms with Crippen molar-refractivity contribution in [2.45, 2.75) is 44.1 Å². The number of carbonyl (C=O) groups is 4. The number of hydrogen-bond acceptors (Lipinski definition) is 10. The topological polar surface area (TPSA) is 191 Å². The van der Waals surface area contributed by atoms with Crippen LogP contribution >= 0.6 is 0 Å². The summed E-state index contributed by atoms with van der Waals surface area (Å²) in [6, 6.07) is 7.97. The molecule has 0 bridgehead atoms. The molecule has 0 aliphatic carbocycles. The minimum Gasteiger partial charge on any atom is -0.483 e. The minimum atomic E-state index is -2.97. The summed E-state index contributed by atoms with van der Waals surface area (Å²) >= 11 is 0. The van der Waals surface area contributed by atoms with Crippen LogP contribution in [0.15, 0.2) is 30.5 Å². The molecule has 0 radical (unpaired) electrons. The lowest BCUT2D eigenvalue weighted by Gasteiger charge is -2.38. The number of piperidine rings is 2. The number of carbonyl (C=O) groups excluding carboxylic acids is 2. The maximum absolute atomic E-state index is 13.1. The van der Waals surface area contributed by atoms with E-state index in [1.54, 1.807) is 0 Å². The molecule has 45 heavy (non-hydrogen) atoms. The van der Waals surface area contributed by atoms with Crippen LogP contribution in [0.1, 0.15) is 55.3 Å². The van der Waals surface area contributed by atoms with E-state index in [0.717, 1.165) is 69.8 Å². The van der Waals surface area contributed by atoms with Crippen molar-refractivity contribution in [3.63, 3.8) is 0 Å². The number of likely N-dealkylation sites (tertiary alicyclic amines) is 1. The molecule has 5 rings (SSSR count). The third kappa shape index (κ3) is 9.74. The Kier molecular flexibility index (Phi) is 13.3. The fourth-order valence-electron chi connectivity index (χ4n) is 5.73. The van der Waals surface area contributed by atoms with Gasteiger partial charge in [-0.25, -0.2) is 8.78 Å². The Morgan fingerprint density at radius 3 is 2.00 bits per heavy atom. The number of benzene rings is 1. The molecular weight excluding hydrogens is 600 g/mol. The number of hydrogen-bond donors (Lipinski definition) is 3. The Hall–Kier alpha value is -4.51. The van der Waals surface area contributed by atoms with E-state index in [2.05, 4.69) is 37.2 Å². The third-order valence-corrected chi connectivity index (χ3v) is 8.08. The molecule has 17 heteroatoms. The van der Waals surface area contributed by atoms with E-state index in [9.17, 15) is 28.5 Å². The lowest BCUT2D eigenvalue weighted by molar-refractivity contribution is -0.386. The van der Waals surface area contributed by atoms with Crippen LogP contribution in [0.25, 0.3) is 0 Å². The zero-order valence-electron chi connectivity index (χ0n) is 24.5. The van der Waals surface area contributed by atoms with Crippen molar-refractivity contribution in [3.8, 4) is 0 Å². The highest BCUT2D eigenvalue weighted by Gasteiger charge is 2.31. The van der Waals surface area contributed by atoms with Crippen molar-refractivity contribution in [2.24, 2.45) is 0 Å². The van der Waals surface area contributed by atoms with Gasteiger partial charge < -0.3 is 20.0 Å². The van der Waals surface area contributed by atoms with Gasteiger partial charge >= 0.3 is 5.69 Å². The summed E-state index contributed by atoms with van der Waals surface area (Å²) in [6.07, 6.45) is 0.517. The van der Waals surface area contributed by atoms with Gasteiger partial charge in [0.2, 0.25) is 17.5 Å². The van der Waals surface area contributed by atoms with E-state index in [1.165, 1.54) is 4.68 Å².